The van der Waals surface area contributed by atoms with Crippen molar-refractivity contribution >= 4 is 6.29 Å². The molecule has 0 aliphatic carbocycles. The second kappa shape index (κ2) is 4.00. The van der Waals surface area contributed by atoms with Crippen LogP contribution in [0.1, 0.15) is 36.1 Å². The van der Waals surface area contributed by atoms with E-state index in [0.717, 1.165) is 11.6 Å². The third kappa shape index (κ3) is 2.16. The Morgan fingerprint density at radius 1 is 1.53 bits per heavy atom. The quantitative estimate of drug-likeness (QED) is 0.731. The number of hydrogen-bond acceptors (Lipinski definition) is 3. The average molecular weight is 221 g/mol. The van der Waals surface area contributed by atoms with Crippen LogP contribution in [0.15, 0.2) is 0 Å². The molecule has 0 aromatic carbocycles. The van der Waals surface area contributed by atoms with E-state index in [1.807, 2.05) is 0 Å². The van der Waals surface area contributed by atoms with E-state index >= 15 is 0 Å². The number of carbonyl (C=O) groups excluding carboxylic acids is 1. The maximum atomic E-state index is 12.4. The fraction of sp³-hybridized carbons (Fsp3) is 0.625. The highest BCUT2D eigenvalue weighted by Gasteiger charge is 2.39. The first-order valence-corrected chi connectivity index (χ1v) is 4.37. The van der Waals surface area contributed by atoms with E-state index in [1.165, 1.54) is 0 Å². The maximum absolute atomic E-state index is 12.4. The van der Waals surface area contributed by atoms with Crippen LogP contribution in [-0.4, -0.2) is 27.5 Å². The molecule has 84 valence electrons. The Bertz CT molecular complexity index is 359. The summed E-state index contributed by atoms with van der Waals surface area (Å²) in [5, 5.41) is 6.72. The first kappa shape index (κ1) is 11.7. The molecular formula is C8H10F3N3O. The monoisotopic (exact) mass is 221 g/mol. The van der Waals surface area contributed by atoms with E-state index in [1.54, 1.807) is 6.92 Å². The van der Waals surface area contributed by atoms with E-state index in [9.17, 15) is 18.0 Å². The van der Waals surface area contributed by atoms with Gasteiger partial charge < -0.3 is 0 Å². The van der Waals surface area contributed by atoms with Gasteiger partial charge in [0.05, 0.1) is 5.69 Å². The molecule has 1 unspecified atom stereocenters. The molecule has 0 radical (unpaired) electrons. The van der Waals surface area contributed by atoms with Gasteiger partial charge in [-0.3, -0.25) is 4.79 Å². The van der Waals surface area contributed by atoms with E-state index in [-0.39, 0.29) is 17.8 Å². The van der Waals surface area contributed by atoms with Gasteiger partial charge in [-0.05, 0) is 13.3 Å². The number of rotatable bonds is 3. The van der Waals surface area contributed by atoms with E-state index in [0.29, 0.717) is 6.29 Å². The summed E-state index contributed by atoms with van der Waals surface area (Å²) in [6.07, 6.45) is -3.70. The van der Waals surface area contributed by atoms with Crippen LogP contribution in [0.5, 0.6) is 0 Å². The van der Waals surface area contributed by atoms with Crippen molar-refractivity contribution in [2.75, 3.05) is 0 Å². The predicted octanol–water partition coefficient (Wildman–Crippen LogP) is 1.78. The molecule has 1 aromatic rings. The number of nitrogens with zero attached hydrogens (tertiary/aromatic N) is 3. The van der Waals surface area contributed by atoms with Crippen molar-refractivity contribution in [3.05, 3.63) is 11.4 Å². The first-order valence-electron chi connectivity index (χ1n) is 4.37. The third-order valence-electron chi connectivity index (χ3n) is 2.11. The van der Waals surface area contributed by atoms with Crippen molar-refractivity contribution in [1.29, 1.82) is 0 Å². The Morgan fingerprint density at radius 2 is 2.13 bits per heavy atom. The molecule has 0 saturated carbocycles. The van der Waals surface area contributed by atoms with E-state index in [4.69, 9.17) is 0 Å². The van der Waals surface area contributed by atoms with Crippen LogP contribution in [0.2, 0.25) is 0 Å². The molecular weight excluding hydrogens is 211 g/mol. The van der Waals surface area contributed by atoms with Crippen molar-refractivity contribution in [1.82, 2.24) is 15.0 Å². The van der Waals surface area contributed by atoms with Crippen molar-refractivity contribution in [2.24, 2.45) is 0 Å². The third-order valence-corrected chi connectivity index (χ3v) is 2.11. The number of aldehydes is 1. The number of halogens is 3. The zero-order chi connectivity index (χ0) is 11.6. The van der Waals surface area contributed by atoms with Gasteiger partial charge >= 0.3 is 6.18 Å². The minimum absolute atomic E-state index is 0.0337. The summed E-state index contributed by atoms with van der Waals surface area (Å²) in [5.41, 5.74) is 0.170. The van der Waals surface area contributed by atoms with Crippen LogP contribution >= 0.6 is 0 Å². The smallest absolute Gasteiger partial charge is 0.296 e. The molecule has 0 bridgehead atoms. The Hall–Kier alpha value is -1.40. The number of carbonyl (C=O) groups is 1. The van der Waals surface area contributed by atoms with Crippen LogP contribution in [0.4, 0.5) is 13.2 Å². The summed E-state index contributed by atoms with van der Waals surface area (Å²) in [4.78, 5) is 10.5. The van der Waals surface area contributed by atoms with Gasteiger partial charge in [-0.2, -0.15) is 13.2 Å². The van der Waals surface area contributed by atoms with Crippen molar-refractivity contribution in [2.45, 2.75) is 32.5 Å². The maximum Gasteiger partial charge on any atom is 0.410 e. The molecule has 1 atom stereocenters. The van der Waals surface area contributed by atoms with Gasteiger partial charge in [0.2, 0.25) is 0 Å². The summed E-state index contributed by atoms with van der Waals surface area (Å²) in [5.74, 6) is 0. The average Bonchev–Trinajstić information content (AvgIpc) is 2.57. The van der Waals surface area contributed by atoms with Gasteiger partial charge in [0.15, 0.2) is 6.29 Å². The van der Waals surface area contributed by atoms with Crippen molar-refractivity contribution in [3.8, 4) is 0 Å². The number of hydrogen-bond donors (Lipinski definition) is 0. The van der Waals surface area contributed by atoms with Gasteiger partial charge in [0, 0.05) is 0 Å². The molecule has 0 fully saturated rings. The summed E-state index contributed by atoms with van der Waals surface area (Å²) in [6, 6.07) is -1.77. The van der Waals surface area contributed by atoms with Crippen LogP contribution in [-0.2, 0) is 6.42 Å². The number of aromatic nitrogens is 3. The Labute approximate surface area is 84.1 Å². The highest BCUT2D eigenvalue weighted by Crippen LogP contribution is 2.30. The van der Waals surface area contributed by atoms with Crippen LogP contribution in [0.25, 0.3) is 0 Å². The zero-order valence-corrected chi connectivity index (χ0v) is 8.25. The summed E-state index contributed by atoms with van der Waals surface area (Å²) < 4.78 is 37.9. The Kier molecular flexibility index (Phi) is 3.11. The summed E-state index contributed by atoms with van der Waals surface area (Å²) >= 11 is 0. The lowest BCUT2D eigenvalue weighted by atomic mass is 10.2. The summed E-state index contributed by atoms with van der Waals surface area (Å²) in [6.45, 7) is 2.62. The van der Waals surface area contributed by atoms with Gasteiger partial charge in [-0.1, -0.05) is 12.1 Å². The molecule has 0 amide bonds. The first-order chi connectivity index (χ1) is 6.91. The molecule has 0 saturated heterocycles. The van der Waals surface area contributed by atoms with Gasteiger partial charge in [0.1, 0.15) is 11.7 Å². The van der Waals surface area contributed by atoms with Gasteiger partial charge in [0.25, 0.3) is 0 Å². The van der Waals surface area contributed by atoms with Crippen LogP contribution in [0, 0.1) is 0 Å². The number of alkyl halides is 3. The molecule has 1 aromatic heterocycles. The van der Waals surface area contributed by atoms with Gasteiger partial charge in [-0.25, -0.2) is 4.68 Å². The molecule has 1 heterocycles. The van der Waals surface area contributed by atoms with Crippen LogP contribution in [0.3, 0.4) is 0 Å². The molecule has 0 aliphatic heterocycles. The molecule has 4 nitrogen and oxygen atoms in total. The lowest BCUT2D eigenvalue weighted by Crippen LogP contribution is -2.26. The van der Waals surface area contributed by atoms with Crippen molar-refractivity contribution in [3.63, 3.8) is 0 Å². The Balaban J connectivity index is 3.14. The highest BCUT2D eigenvalue weighted by atomic mass is 19.4. The molecule has 0 spiro atoms. The topological polar surface area (TPSA) is 47.8 Å². The second-order valence-corrected chi connectivity index (χ2v) is 3.05. The van der Waals surface area contributed by atoms with Crippen molar-refractivity contribution < 1.29 is 18.0 Å². The second-order valence-electron chi connectivity index (χ2n) is 3.05. The van der Waals surface area contributed by atoms with Crippen LogP contribution < -0.4 is 0 Å². The largest absolute Gasteiger partial charge is 0.410 e. The standard InChI is InChI=1S/C8H10F3N3O/c1-3-7-6(4-15)12-13-14(7)5(2)8(9,10)11/h4-5H,3H2,1-2H3. The fourth-order valence-electron chi connectivity index (χ4n) is 1.21. The normalized spacial score (nSPS) is 13.9. The lowest BCUT2D eigenvalue weighted by Gasteiger charge is -2.17. The molecule has 7 heteroatoms. The Morgan fingerprint density at radius 3 is 2.53 bits per heavy atom. The summed E-state index contributed by atoms with van der Waals surface area (Å²) in [7, 11) is 0. The molecule has 1 rings (SSSR count). The highest BCUT2D eigenvalue weighted by molar-refractivity contribution is 5.73. The lowest BCUT2D eigenvalue weighted by molar-refractivity contribution is -0.166. The predicted molar refractivity (Wildman–Crippen MR) is 45.6 cm³/mol. The fourth-order valence-corrected chi connectivity index (χ4v) is 1.21. The van der Waals surface area contributed by atoms with Gasteiger partial charge in [-0.15, -0.1) is 5.10 Å². The molecule has 0 N–H and O–H groups in total. The molecule has 0 aliphatic rings. The van der Waals surface area contributed by atoms with E-state index < -0.39 is 12.2 Å². The SMILES string of the molecule is CCc1c(C=O)nnn1C(C)C(F)(F)F. The molecule has 15 heavy (non-hydrogen) atoms. The van der Waals surface area contributed by atoms with E-state index in [2.05, 4.69) is 10.3 Å². The minimum Gasteiger partial charge on any atom is -0.296 e. The minimum atomic E-state index is -4.39. The zero-order valence-electron chi connectivity index (χ0n) is 8.25.